The quantitative estimate of drug-likeness (QED) is 0.790. The van der Waals surface area contributed by atoms with Gasteiger partial charge in [0, 0.05) is 31.9 Å². The Morgan fingerprint density at radius 2 is 2.17 bits per heavy atom. The summed E-state index contributed by atoms with van der Waals surface area (Å²) in [7, 11) is 0. The van der Waals surface area contributed by atoms with E-state index in [9.17, 15) is 4.79 Å². The first-order valence-electron chi connectivity index (χ1n) is 6.97. The Morgan fingerprint density at radius 3 is 2.89 bits per heavy atom. The van der Waals surface area contributed by atoms with Gasteiger partial charge >= 0.3 is 0 Å². The summed E-state index contributed by atoms with van der Waals surface area (Å²) in [5.74, 6) is 0.733. The highest BCUT2D eigenvalue weighted by atomic mass is 16.2. The minimum absolute atomic E-state index is 0.165. The molecule has 18 heavy (non-hydrogen) atoms. The second-order valence-electron chi connectivity index (χ2n) is 5.46. The van der Waals surface area contributed by atoms with E-state index in [2.05, 4.69) is 23.3 Å². The first-order chi connectivity index (χ1) is 8.75. The number of piperazine rings is 1. The fraction of sp³-hybridized carbons (Fsp3) is 0.643. The maximum atomic E-state index is 12.4. The van der Waals surface area contributed by atoms with Crippen molar-refractivity contribution in [3.63, 3.8) is 0 Å². The molecule has 4 nitrogen and oxygen atoms in total. The lowest BCUT2D eigenvalue weighted by Gasteiger charge is -2.26. The molecule has 2 aliphatic rings. The van der Waals surface area contributed by atoms with Crippen LogP contribution in [-0.4, -0.2) is 42.0 Å². The molecule has 0 radical (unpaired) electrons. The van der Waals surface area contributed by atoms with Crippen LogP contribution in [0.2, 0.25) is 0 Å². The topological polar surface area (TPSA) is 48.1 Å². The highest BCUT2D eigenvalue weighted by molar-refractivity contribution is 5.93. The summed E-state index contributed by atoms with van der Waals surface area (Å²) >= 11 is 0. The summed E-state index contributed by atoms with van der Waals surface area (Å²) in [5.41, 5.74) is 3.43. The van der Waals surface area contributed by atoms with Crippen LogP contribution in [0.5, 0.6) is 0 Å². The molecule has 4 heteroatoms. The van der Waals surface area contributed by atoms with Crippen molar-refractivity contribution in [1.82, 2.24) is 15.2 Å². The minimum atomic E-state index is 0.165. The summed E-state index contributed by atoms with van der Waals surface area (Å²) in [4.78, 5) is 17.7. The van der Waals surface area contributed by atoms with Gasteiger partial charge in [-0.3, -0.25) is 4.79 Å². The standard InChI is InChI=1S/C14H21N3O/c1-10-3-2-4-11-9-12(16-13(10)11)14(18)17-7-5-15-6-8-17/h9-10,15-16H,2-8H2,1H3. The van der Waals surface area contributed by atoms with Gasteiger partial charge in [0.1, 0.15) is 5.69 Å². The molecule has 0 bridgehead atoms. The van der Waals surface area contributed by atoms with Crippen LogP contribution in [0.1, 0.15) is 47.4 Å². The number of carbonyl (C=O) groups is 1. The Morgan fingerprint density at radius 1 is 1.39 bits per heavy atom. The summed E-state index contributed by atoms with van der Waals surface area (Å²) in [6.45, 7) is 5.69. The molecular formula is C14H21N3O. The van der Waals surface area contributed by atoms with Crippen molar-refractivity contribution >= 4 is 5.91 Å². The maximum absolute atomic E-state index is 12.4. The minimum Gasteiger partial charge on any atom is -0.354 e. The molecule has 3 rings (SSSR count). The highest BCUT2D eigenvalue weighted by Gasteiger charge is 2.24. The maximum Gasteiger partial charge on any atom is 0.270 e. The van der Waals surface area contributed by atoms with Gasteiger partial charge in [0.05, 0.1) is 0 Å². The van der Waals surface area contributed by atoms with E-state index in [1.54, 1.807) is 0 Å². The number of nitrogens with one attached hydrogen (secondary N) is 2. The van der Waals surface area contributed by atoms with Crippen LogP contribution in [0.25, 0.3) is 0 Å². The van der Waals surface area contributed by atoms with E-state index in [1.165, 1.54) is 24.1 Å². The van der Waals surface area contributed by atoms with Gasteiger partial charge in [-0.25, -0.2) is 0 Å². The Bertz CT molecular complexity index is 446. The van der Waals surface area contributed by atoms with Crippen LogP contribution in [0.4, 0.5) is 0 Å². The first-order valence-corrected chi connectivity index (χ1v) is 6.97. The molecule has 1 amide bonds. The predicted octanol–water partition coefficient (Wildman–Crippen LogP) is 1.50. The van der Waals surface area contributed by atoms with Gasteiger partial charge < -0.3 is 15.2 Å². The van der Waals surface area contributed by atoms with Crippen LogP contribution < -0.4 is 5.32 Å². The van der Waals surface area contributed by atoms with Gasteiger partial charge in [0.25, 0.3) is 5.91 Å². The molecule has 2 heterocycles. The molecule has 1 fully saturated rings. The first kappa shape index (κ1) is 11.8. The molecule has 0 aromatic carbocycles. The van der Waals surface area contributed by atoms with Gasteiger partial charge in [-0.2, -0.15) is 0 Å². The molecule has 1 aromatic heterocycles. The normalized spacial score (nSPS) is 23.8. The molecule has 1 saturated heterocycles. The van der Waals surface area contributed by atoms with Crippen molar-refractivity contribution in [1.29, 1.82) is 0 Å². The van der Waals surface area contributed by atoms with Crippen LogP contribution in [0, 0.1) is 0 Å². The number of aryl methyl sites for hydroxylation is 1. The predicted molar refractivity (Wildman–Crippen MR) is 70.9 cm³/mol. The van der Waals surface area contributed by atoms with E-state index >= 15 is 0 Å². The molecule has 0 saturated carbocycles. The second kappa shape index (κ2) is 4.76. The number of nitrogens with zero attached hydrogens (tertiary/aromatic N) is 1. The molecular weight excluding hydrogens is 226 g/mol. The Labute approximate surface area is 108 Å². The smallest absolute Gasteiger partial charge is 0.270 e. The Kier molecular flexibility index (Phi) is 3.12. The summed E-state index contributed by atoms with van der Waals surface area (Å²) in [6, 6.07) is 2.08. The zero-order valence-electron chi connectivity index (χ0n) is 11.0. The van der Waals surface area contributed by atoms with Gasteiger partial charge in [-0.05, 0) is 36.8 Å². The zero-order chi connectivity index (χ0) is 12.5. The third-order valence-electron chi connectivity index (χ3n) is 4.14. The fourth-order valence-corrected chi connectivity index (χ4v) is 3.06. The van der Waals surface area contributed by atoms with E-state index in [1.807, 2.05) is 4.90 Å². The molecule has 1 aromatic rings. The van der Waals surface area contributed by atoms with Gasteiger partial charge in [-0.15, -0.1) is 0 Å². The number of rotatable bonds is 1. The highest BCUT2D eigenvalue weighted by Crippen LogP contribution is 2.31. The van der Waals surface area contributed by atoms with Crippen molar-refractivity contribution in [3.05, 3.63) is 23.0 Å². The van der Waals surface area contributed by atoms with Gasteiger partial charge in [-0.1, -0.05) is 6.92 Å². The number of hydrogen-bond acceptors (Lipinski definition) is 2. The van der Waals surface area contributed by atoms with Crippen LogP contribution >= 0.6 is 0 Å². The third-order valence-corrected chi connectivity index (χ3v) is 4.14. The van der Waals surface area contributed by atoms with E-state index in [4.69, 9.17) is 0 Å². The molecule has 1 aliphatic carbocycles. The van der Waals surface area contributed by atoms with E-state index in [0.717, 1.165) is 38.3 Å². The number of carbonyl (C=O) groups excluding carboxylic acids is 1. The molecule has 2 N–H and O–H groups in total. The van der Waals surface area contributed by atoms with Gasteiger partial charge in [0.2, 0.25) is 0 Å². The number of hydrogen-bond donors (Lipinski definition) is 2. The molecule has 1 unspecified atom stereocenters. The van der Waals surface area contributed by atoms with Crippen LogP contribution in [0.3, 0.4) is 0 Å². The average molecular weight is 247 g/mol. The lowest BCUT2D eigenvalue weighted by Crippen LogP contribution is -2.46. The Hall–Kier alpha value is -1.29. The molecule has 1 atom stereocenters. The van der Waals surface area contributed by atoms with Crippen molar-refractivity contribution in [2.45, 2.75) is 32.1 Å². The van der Waals surface area contributed by atoms with Crippen LogP contribution in [0.15, 0.2) is 6.07 Å². The van der Waals surface area contributed by atoms with Crippen molar-refractivity contribution < 1.29 is 4.79 Å². The number of fused-ring (bicyclic) bond motifs is 1. The summed E-state index contributed by atoms with van der Waals surface area (Å²) in [5, 5.41) is 3.27. The number of aromatic amines is 1. The Balaban J connectivity index is 1.81. The molecule has 98 valence electrons. The second-order valence-corrected chi connectivity index (χ2v) is 5.46. The monoisotopic (exact) mass is 247 g/mol. The van der Waals surface area contributed by atoms with Gasteiger partial charge in [0.15, 0.2) is 0 Å². The average Bonchev–Trinajstić information content (AvgIpc) is 2.84. The molecule has 0 spiro atoms. The van der Waals surface area contributed by atoms with E-state index in [-0.39, 0.29) is 5.91 Å². The summed E-state index contributed by atoms with van der Waals surface area (Å²) < 4.78 is 0. The number of H-pyrrole nitrogens is 1. The zero-order valence-corrected chi connectivity index (χ0v) is 11.0. The molecule has 1 aliphatic heterocycles. The van der Waals surface area contributed by atoms with Crippen molar-refractivity contribution in [2.75, 3.05) is 26.2 Å². The SMILES string of the molecule is CC1CCCc2cc(C(=O)N3CCNCC3)[nH]c21. The summed E-state index contributed by atoms with van der Waals surface area (Å²) in [6.07, 6.45) is 3.59. The van der Waals surface area contributed by atoms with E-state index < -0.39 is 0 Å². The number of aromatic nitrogens is 1. The van der Waals surface area contributed by atoms with E-state index in [0.29, 0.717) is 5.92 Å². The van der Waals surface area contributed by atoms with Crippen molar-refractivity contribution in [2.24, 2.45) is 0 Å². The fourth-order valence-electron chi connectivity index (χ4n) is 3.06. The lowest BCUT2D eigenvalue weighted by atomic mass is 9.89. The number of amides is 1. The lowest BCUT2D eigenvalue weighted by molar-refractivity contribution is 0.0730. The largest absolute Gasteiger partial charge is 0.354 e. The van der Waals surface area contributed by atoms with Crippen LogP contribution in [-0.2, 0) is 6.42 Å². The van der Waals surface area contributed by atoms with Crippen molar-refractivity contribution in [3.8, 4) is 0 Å². The third kappa shape index (κ3) is 2.05.